The van der Waals surface area contributed by atoms with E-state index in [0.717, 1.165) is 44.0 Å². The largest absolute Gasteiger partial charge is 0.369 e. The number of epoxide rings is 1. The molecule has 0 N–H and O–H groups in total. The van der Waals surface area contributed by atoms with E-state index in [4.69, 9.17) is 14.2 Å². The molecule has 0 radical (unpaired) electrons. The Morgan fingerprint density at radius 3 is 2.47 bits per heavy atom. The monoisotopic (exact) mass is 264 g/mol. The number of hydrogen-bond acceptors (Lipinski definition) is 3. The summed E-state index contributed by atoms with van der Waals surface area (Å²) in [5.74, 6) is 2.74. The van der Waals surface area contributed by atoms with Crippen LogP contribution in [0.3, 0.4) is 0 Å². The number of rotatable bonds is 0. The maximum atomic E-state index is 6.21. The fourth-order valence-corrected chi connectivity index (χ4v) is 6.65. The van der Waals surface area contributed by atoms with Gasteiger partial charge in [0, 0.05) is 17.8 Å². The van der Waals surface area contributed by atoms with Gasteiger partial charge in [-0.1, -0.05) is 13.8 Å². The molecule has 5 fully saturated rings. The van der Waals surface area contributed by atoms with Gasteiger partial charge < -0.3 is 14.2 Å². The van der Waals surface area contributed by atoms with E-state index < -0.39 is 0 Å². The minimum absolute atomic E-state index is 0.181. The Kier molecular flexibility index (Phi) is 1.94. The van der Waals surface area contributed by atoms with E-state index in [-0.39, 0.29) is 16.8 Å². The Morgan fingerprint density at radius 1 is 1.05 bits per heavy atom. The van der Waals surface area contributed by atoms with Crippen molar-refractivity contribution in [1.82, 2.24) is 0 Å². The molecule has 0 aromatic heterocycles. The molecule has 0 bridgehead atoms. The number of ether oxygens (including phenoxy) is 3. The van der Waals surface area contributed by atoms with Crippen LogP contribution >= 0.6 is 0 Å². The highest BCUT2D eigenvalue weighted by Crippen LogP contribution is 2.75. The van der Waals surface area contributed by atoms with Gasteiger partial charge in [0.15, 0.2) is 5.79 Å². The first-order chi connectivity index (χ1) is 9.12. The summed E-state index contributed by atoms with van der Waals surface area (Å²) in [6.45, 7) is 7.39. The average molecular weight is 264 g/mol. The van der Waals surface area contributed by atoms with Gasteiger partial charge in [-0.2, -0.15) is 0 Å². The molecule has 2 aliphatic heterocycles. The van der Waals surface area contributed by atoms with E-state index in [0.29, 0.717) is 5.92 Å². The van der Waals surface area contributed by atoms with Crippen molar-refractivity contribution in [2.45, 2.75) is 50.9 Å². The Balaban J connectivity index is 1.63. The zero-order valence-electron chi connectivity index (χ0n) is 12.0. The minimum Gasteiger partial charge on any atom is -0.369 e. The molecule has 3 nitrogen and oxygen atoms in total. The van der Waals surface area contributed by atoms with E-state index in [2.05, 4.69) is 13.8 Å². The molecule has 3 aliphatic carbocycles. The van der Waals surface area contributed by atoms with E-state index in [9.17, 15) is 0 Å². The van der Waals surface area contributed by atoms with Crippen LogP contribution in [0.25, 0.3) is 0 Å². The lowest BCUT2D eigenvalue weighted by molar-refractivity contribution is -0.239. The van der Waals surface area contributed by atoms with E-state index in [1.165, 1.54) is 19.3 Å². The molecule has 0 aromatic carbocycles. The lowest BCUT2D eigenvalue weighted by atomic mass is 9.66. The van der Waals surface area contributed by atoms with Gasteiger partial charge in [0.25, 0.3) is 0 Å². The average Bonchev–Trinajstić information content (AvgIpc) is 2.70. The van der Waals surface area contributed by atoms with E-state index in [1.807, 2.05) is 0 Å². The van der Waals surface area contributed by atoms with Crippen molar-refractivity contribution < 1.29 is 14.2 Å². The van der Waals surface area contributed by atoms with E-state index in [1.54, 1.807) is 0 Å². The SMILES string of the molecule is CC1C[C@@H]2C[C@H]3CCC4(OCCO4)[C@@]3(C)[C@@H]2C12CO2. The fourth-order valence-electron chi connectivity index (χ4n) is 6.65. The zero-order valence-corrected chi connectivity index (χ0v) is 12.0. The lowest BCUT2D eigenvalue weighted by Crippen LogP contribution is -2.52. The Bertz CT molecular complexity index is 424. The summed E-state index contributed by atoms with van der Waals surface area (Å²) < 4.78 is 18.5. The van der Waals surface area contributed by atoms with Gasteiger partial charge in [0.05, 0.1) is 25.4 Å². The van der Waals surface area contributed by atoms with Gasteiger partial charge in [-0.3, -0.25) is 0 Å². The third-order valence-corrected chi connectivity index (χ3v) is 7.44. The Morgan fingerprint density at radius 2 is 1.79 bits per heavy atom. The second-order valence-corrected chi connectivity index (χ2v) is 7.82. The van der Waals surface area contributed by atoms with Crippen molar-refractivity contribution in [1.29, 1.82) is 0 Å². The maximum Gasteiger partial charge on any atom is 0.174 e. The fraction of sp³-hybridized carbons (Fsp3) is 1.00. The first kappa shape index (κ1) is 11.5. The van der Waals surface area contributed by atoms with Crippen molar-refractivity contribution in [2.24, 2.45) is 29.1 Å². The summed E-state index contributed by atoms with van der Waals surface area (Å²) >= 11 is 0. The maximum absolute atomic E-state index is 6.21. The van der Waals surface area contributed by atoms with Gasteiger partial charge >= 0.3 is 0 Å². The second-order valence-electron chi connectivity index (χ2n) is 7.82. The van der Waals surface area contributed by atoms with Gasteiger partial charge in [0.2, 0.25) is 0 Å². The molecule has 2 spiro atoms. The quantitative estimate of drug-likeness (QED) is 0.630. The normalized spacial score (nSPS) is 60.9. The van der Waals surface area contributed by atoms with Crippen molar-refractivity contribution in [3.05, 3.63) is 0 Å². The van der Waals surface area contributed by atoms with Gasteiger partial charge in [-0.05, 0) is 37.0 Å². The summed E-state index contributed by atoms with van der Waals surface area (Å²) in [6.07, 6.45) is 5.12. The van der Waals surface area contributed by atoms with Crippen molar-refractivity contribution >= 4 is 0 Å². The summed E-state index contributed by atoms with van der Waals surface area (Å²) in [7, 11) is 0. The standard InChI is InChI=1S/C16H24O3/c1-10-7-11-8-12-3-4-16(17-5-6-18-16)14(12,2)13(11)15(10)9-19-15/h10-13H,3-9H2,1-2H3/t10?,11-,12-,13-,14-,15?/m1/s1. The number of fused-ring (bicyclic) bond motifs is 5. The summed E-state index contributed by atoms with van der Waals surface area (Å²) in [5.41, 5.74) is 0.371. The third kappa shape index (κ3) is 1.07. The summed E-state index contributed by atoms with van der Waals surface area (Å²) in [5, 5.41) is 0. The zero-order chi connectivity index (χ0) is 12.9. The molecule has 3 heteroatoms. The van der Waals surface area contributed by atoms with Crippen LogP contribution in [-0.4, -0.2) is 31.2 Å². The van der Waals surface area contributed by atoms with Crippen LogP contribution in [0.1, 0.15) is 39.5 Å². The second kappa shape index (κ2) is 3.20. The Labute approximate surface area is 115 Å². The smallest absolute Gasteiger partial charge is 0.174 e. The molecule has 3 saturated carbocycles. The van der Waals surface area contributed by atoms with Crippen LogP contribution < -0.4 is 0 Å². The molecule has 0 aromatic rings. The molecule has 2 heterocycles. The van der Waals surface area contributed by atoms with Crippen LogP contribution in [0, 0.1) is 29.1 Å². The molecular formula is C16H24O3. The first-order valence-corrected chi connectivity index (χ1v) is 8.04. The highest BCUT2D eigenvalue weighted by molar-refractivity contribution is 5.23. The Hall–Kier alpha value is -0.120. The van der Waals surface area contributed by atoms with Crippen LogP contribution in [0.15, 0.2) is 0 Å². The molecule has 2 unspecified atom stereocenters. The predicted octanol–water partition coefficient (Wildman–Crippen LogP) is 2.59. The third-order valence-electron chi connectivity index (χ3n) is 7.44. The number of hydrogen-bond donors (Lipinski definition) is 0. The van der Waals surface area contributed by atoms with Crippen molar-refractivity contribution in [2.75, 3.05) is 19.8 Å². The van der Waals surface area contributed by atoms with Gasteiger partial charge in [-0.15, -0.1) is 0 Å². The van der Waals surface area contributed by atoms with Crippen LogP contribution in [0.5, 0.6) is 0 Å². The van der Waals surface area contributed by atoms with Crippen molar-refractivity contribution in [3.63, 3.8) is 0 Å². The molecule has 5 rings (SSSR count). The minimum atomic E-state index is -0.278. The molecular weight excluding hydrogens is 240 g/mol. The van der Waals surface area contributed by atoms with Crippen LogP contribution in [0.2, 0.25) is 0 Å². The topological polar surface area (TPSA) is 31.0 Å². The van der Waals surface area contributed by atoms with Crippen molar-refractivity contribution in [3.8, 4) is 0 Å². The van der Waals surface area contributed by atoms with Gasteiger partial charge in [0.1, 0.15) is 0 Å². The lowest BCUT2D eigenvalue weighted by Gasteiger charge is -2.45. The summed E-state index contributed by atoms with van der Waals surface area (Å²) in [4.78, 5) is 0. The molecule has 106 valence electrons. The molecule has 19 heavy (non-hydrogen) atoms. The predicted molar refractivity (Wildman–Crippen MR) is 69.5 cm³/mol. The molecule has 0 amide bonds. The first-order valence-electron chi connectivity index (χ1n) is 8.04. The summed E-state index contributed by atoms with van der Waals surface area (Å²) in [6, 6.07) is 0. The molecule has 5 aliphatic rings. The van der Waals surface area contributed by atoms with Gasteiger partial charge in [-0.25, -0.2) is 0 Å². The highest BCUT2D eigenvalue weighted by atomic mass is 16.7. The highest BCUT2D eigenvalue weighted by Gasteiger charge is 2.78. The molecule has 2 saturated heterocycles. The van der Waals surface area contributed by atoms with Crippen LogP contribution in [-0.2, 0) is 14.2 Å². The molecule has 6 atom stereocenters. The van der Waals surface area contributed by atoms with E-state index >= 15 is 0 Å². The van der Waals surface area contributed by atoms with Crippen LogP contribution in [0.4, 0.5) is 0 Å².